The van der Waals surface area contributed by atoms with Crippen molar-refractivity contribution in [3.8, 4) is 0 Å². The van der Waals surface area contributed by atoms with Crippen molar-refractivity contribution in [2.75, 3.05) is 0 Å². The highest BCUT2D eigenvalue weighted by Gasteiger charge is 2.19. The first-order valence-electron chi connectivity index (χ1n) is 7.43. The largest absolute Gasteiger partial charge is 0.299 e. The third-order valence-corrected chi connectivity index (χ3v) is 4.56. The number of aryl methyl sites for hydroxylation is 2. The zero-order valence-corrected chi connectivity index (χ0v) is 11.1. The zero-order chi connectivity index (χ0) is 12.4. The van der Waals surface area contributed by atoms with Crippen LogP contribution in [-0.2, 0) is 24.1 Å². The summed E-state index contributed by atoms with van der Waals surface area (Å²) in [6, 6.07) is 6.67. The van der Waals surface area contributed by atoms with Crippen molar-refractivity contribution in [3.63, 3.8) is 0 Å². The highest BCUT2D eigenvalue weighted by molar-refractivity contribution is 5.81. The summed E-state index contributed by atoms with van der Waals surface area (Å²) in [5.74, 6) is 1.13. The molecule has 0 amide bonds. The molecule has 0 spiro atoms. The van der Waals surface area contributed by atoms with Crippen LogP contribution in [0.4, 0.5) is 0 Å². The number of fused-ring (bicyclic) bond motifs is 1. The molecule has 1 aromatic rings. The summed E-state index contributed by atoms with van der Waals surface area (Å²) in [7, 11) is 0. The van der Waals surface area contributed by atoms with E-state index in [-0.39, 0.29) is 0 Å². The Morgan fingerprint density at radius 3 is 2.67 bits per heavy atom. The molecular weight excluding hydrogens is 220 g/mol. The maximum Gasteiger partial charge on any atom is 0.137 e. The third kappa shape index (κ3) is 2.66. The van der Waals surface area contributed by atoms with Crippen molar-refractivity contribution in [2.45, 2.75) is 57.8 Å². The molecule has 96 valence electrons. The van der Waals surface area contributed by atoms with E-state index in [2.05, 4.69) is 18.2 Å². The molecule has 0 aromatic heterocycles. The maximum absolute atomic E-state index is 12.1. The monoisotopic (exact) mass is 242 g/mol. The Morgan fingerprint density at radius 1 is 1.06 bits per heavy atom. The van der Waals surface area contributed by atoms with E-state index in [1.165, 1.54) is 61.6 Å². The average molecular weight is 242 g/mol. The number of Topliss-reactive ketones (excluding diaryl/α,β-unsaturated/α-hetero) is 1. The van der Waals surface area contributed by atoms with Gasteiger partial charge in [0.2, 0.25) is 0 Å². The molecule has 0 radical (unpaired) electrons. The Morgan fingerprint density at radius 2 is 1.83 bits per heavy atom. The van der Waals surface area contributed by atoms with E-state index in [4.69, 9.17) is 0 Å². The lowest BCUT2D eigenvalue weighted by molar-refractivity contribution is -0.119. The van der Waals surface area contributed by atoms with Crippen molar-refractivity contribution in [2.24, 2.45) is 5.92 Å². The van der Waals surface area contributed by atoms with Crippen LogP contribution in [0.3, 0.4) is 0 Å². The van der Waals surface area contributed by atoms with Crippen molar-refractivity contribution >= 4 is 5.78 Å². The van der Waals surface area contributed by atoms with Gasteiger partial charge in [-0.1, -0.05) is 43.9 Å². The van der Waals surface area contributed by atoms with Crippen LogP contribution in [0.25, 0.3) is 0 Å². The van der Waals surface area contributed by atoms with Gasteiger partial charge in [0.15, 0.2) is 0 Å². The van der Waals surface area contributed by atoms with E-state index < -0.39 is 0 Å². The zero-order valence-electron chi connectivity index (χ0n) is 11.1. The van der Waals surface area contributed by atoms with Crippen LogP contribution >= 0.6 is 0 Å². The fourth-order valence-electron chi connectivity index (χ4n) is 3.57. The second-order valence-corrected chi connectivity index (χ2v) is 6.03. The van der Waals surface area contributed by atoms with Gasteiger partial charge < -0.3 is 0 Å². The van der Waals surface area contributed by atoms with Gasteiger partial charge in [-0.05, 0) is 41.9 Å². The highest BCUT2D eigenvalue weighted by Crippen LogP contribution is 2.28. The van der Waals surface area contributed by atoms with E-state index in [0.29, 0.717) is 18.1 Å². The van der Waals surface area contributed by atoms with Gasteiger partial charge in [-0.25, -0.2) is 0 Å². The second kappa shape index (κ2) is 5.26. The minimum Gasteiger partial charge on any atom is -0.299 e. The third-order valence-electron chi connectivity index (χ3n) is 4.56. The Bertz CT molecular complexity index is 441. The molecule has 3 rings (SSSR count). The van der Waals surface area contributed by atoms with Crippen molar-refractivity contribution < 1.29 is 4.79 Å². The Labute approximate surface area is 110 Å². The van der Waals surface area contributed by atoms with Crippen LogP contribution in [0.5, 0.6) is 0 Å². The molecule has 1 fully saturated rings. The summed E-state index contributed by atoms with van der Waals surface area (Å²) in [5, 5.41) is 0. The van der Waals surface area contributed by atoms with E-state index in [1.807, 2.05) is 0 Å². The van der Waals surface area contributed by atoms with E-state index in [9.17, 15) is 4.79 Å². The minimum absolute atomic E-state index is 0.444. The fourth-order valence-corrected chi connectivity index (χ4v) is 3.57. The molecule has 0 N–H and O–H groups in total. The maximum atomic E-state index is 12.1. The quantitative estimate of drug-likeness (QED) is 0.783. The number of benzene rings is 1. The molecule has 2 aliphatic carbocycles. The number of ketones is 1. The van der Waals surface area contributed by atoms with Gasteiger partial charge in [-0.2, -0.15) is 0 Å². The van der Waals surface area contributed by atoms with E-state index >= 15 is 0 Å². The lowest BCUT2D eigenvalue weighted by Gasteiger charge is -2.08. The summed E-state index contributed by atoms with van der Waals surface area (Å²) >= 11 is 0. The van der Waals surface area contributed by atoms with Gasteiger partial charge in [-0.15, -0.1) is 0 Å². The molecule has 0 saturated heterocycles. The normalized spacial score (nSPS) is 19.1. The number of carbonyl (C=O) groups excluding carboxylic acids is 1. The number of hydrogen-bond donors (Lipinski definition) is 0. The van der Waals surface area contributed by atoms with Crippen LogP contribution < -0.4 is 0 Å². The SMILES string of the molecule is O=C(Cc1ccc2c(c1)CCC2)CC1CCCC1. The van der Waals surface area contributed by atoms with Crippen LogP contribution in [0.1, 0.15) is 55.2 Å². The van der Waals surface area contributed by atoms with Crippen LogP contribution in [0.15, 0.2) is 18.2 Å². The number of hydrogen-bond acceptors (Lipinski definition) is 1. The molecule has 0 bridgehead atoms. The van der Waals surface area contributed by atoms with Crippen molar-refractivity contribution in [1.29, 1.82) is 0 Å². The molecule has 0 aliphatic heterocycles. The molecule has 18 heavy (non-hydrogen) atoms. The second-order valence-electron chi connectivity index (χ2n) is 6.03. The first kappa shape index (κ1) is 12.0. The first-order chi connectivity index (χ1) is 8.81. The van der Waals surface area contributed by atoms with Gasteiger partial charge in [-0.3, -0.25) is 4.79 Å². The first-order valence-corrected chi connectivity index (χ1v) is 7.43. The van der Waals surface area contributed by atoms with Gasteiger partial charge in [0, 0.05) is 12.8 Å². The van der Waals surface area contributed by atoms with Gasteiger partial charge in [0.05, 0.1) is 0 Å². The predicted molar refractivity (Wildman–Crippen MR) is 73.8 cm³/mol. The van der Waals surface area contributed by atoms with Crippen LogP contribution in [-0.4, -0.2) is 5.78 Å². The molecule has 1 nitrogen and oxygen atoms in total. The molecule has 1 aromatic carbocycles. The lowest BCUT2D eigenvalue weighted by Crippen LogP contribution is -2.08. The van der Waals surface area contributed by atoms with Crippen molar-refractivity contribution in [1.82, 2.24) is 0 Å². The van der Waals surface area contributed by atoms with Crippen LogP contribution in [0.2, 0.25) is 0 Å². The smallest absolute Gasteiger partial charge is 0.137 e. The molecular formula is C17H22O. The van der Waals surface area contributed by atoms with Gasteiger partial charge >= 0.3 is 0 Å². The van der Waals surface area contributed by atoms with Gasteiger partial charge in [0.1, 0.15) is 5.78 Å². The predicted octanol–water partition coefficient (Wildman–Crippen LogP) is 3.87. The Hall–Kier alpha value is -1.11. The minimum atomic E-state index is 0.444. The number of carbonyl (C=O) groups is 1. The Balaban J connectivity index is 1.60. The molecule has 0 atom stereocenters. The lowest BCUT2D eigenvalue weighted by atomic mass is 9.96. The molecule has 1 saturated carbocycles. The topological polar surface area (TPSA) is 17.1 Å². The number of rotatable bonds is 4. The molecule has 0 unspecified atom stereocenters. The summed E-state index contributed by atoms with van der Waals surface area (Å²) in [6.45, 7) is 0. The highest BCUT2D eigenvalue weighted by atomic mass is 16.1. The average Bonchev–Trinajstić information content (AvgIpc) is 2.98. The molecule has 2 aliphatic rings. The fraction of sp³-hybridized carbons (Fsp3) is 0.588. The van der Waals surface area contributed by atoms with Gasteiger partial charge in [0.25, 0.3) is 0 Å². The summed E-state index contributed by atoms with van der Waals surface area (Å²) in [4.78, 5) is 12.1. The van der Waals surface area contributed by atoms with E-state index in [0.717, 1.165) is 6.42 Å². The summed E-state index contributed by atoms with van der Waals surface area (Å²) < 4.78 is 0. The summed E-state index contributed by atoms with van der Waals surface area (Å²) in [5.41, 5.74) is 4.22. The Kier molecular flexibility index (Phi) is 3.49. The molecule has 1 heteroatoms. The van der Waals surface area contributed by atoms with Crippen molar-refractivity contribution in [3.05, 3.63) is 34.9 Å². The molecule has 0 heterocycles. The van der Waals surface area contributed by atoms with E-state index in [1.54, 1.807) is 0 Å². The van der Waals surface area contributed by atoms with Crippen LogP contribution in [0, 0.1) is 5.92 Å². The summed E-state index contributed by atoms with van der Waals surface area (Å²) in [6.07, 6.45) is 10.4. The standard InChI is InChI=1S/C17H22O/c18-17(11-13-4-1-2-5-13)12-14-8-9-15-6-3-7-16(15)10-14/h8-10,13H,1-7,11-12H2.